The molecule has 32 heavy (non-hydrogen) atoms. The summed E-state index contributed by atoms with van der Waals surface area (Å²) in [5.41, 5.74) is 4.45. The molecule has 1 saturated carbocycles. The minimum absolute atomic E-state index is 0.101. The van der Waals surface area contributed by atoms with Gasteiger partial charge in [-0.15, -0.1) is 11.3 Å². The molecule has 0 bridgehead atoms. The number of hydrogen-bond acceptors (Lipinski definition) is 4. The van der Waals surface area contributed by atoms with Crippen molar-refractivity contribution in [1.29, 1.82) is 0 Å². The smallest absolute Gasteiger partial charge is 0.274 e. The molecule has 0 unspecified atom stereocenters. The lowest BCUT2D eigenvalue weighted by Gasteiger charge is -2.34. The zero-order chi connectivity index (χ0) is 21.8. The molecule has 0 radical (unpaired) electrons. The van der Waals surface area contributed by atoms with Crippen molar-refractivity contribution in [1.82, 2.24) is 14.5 Å². The predicted octanol–water partition coefficient (Wildman–Crippen LogP) is 5.89. The first-order valence-electron chi connectivity index (χ1n) is 11.1. The summed E-state index contributed by atoms with van der Waals surface area (Å²) in [5.74, 6) is 1.01. The van der Waals surface area contributed by atoms with E-state index in [0.29, 0.717) is 22.7 Å². The van der Waals surface area contributed by atoms with E-state index in [2.05, 4.69) is 46.0 Å². The van der Waals surface area contributed by atoms with Crippen LogP contribution in [0.25, 0.3) is 0 Å². The van der Waals surface area contributed by atoms with Gasteiger partial charge in [0, 0.05) is 36.4 Å². The van der Waals surface area contributed by atoms with Crippen molar-refractivity contribution in [2.24, 2.45) is 0 Å². The van der Waals surface area contributed by atoms with E-state index in [0.717, 1.165) is 37.9 Å². The number of pyridine rings is 1. The molecule has 4 aromatic rings. The summed E-state index contributed by atoms with van der Waals surface area (Å²) in [6.07, 6.45) is 9.78. The number of amides is 1. The summed E-state index contributed by atoms with van der Waals surface area (Å²) < 4.78 is 2.02. The Morgan fingerprint density at radius 1 is 1.03 bits per heavy atom. The van der Waals surface area contributed by atoms with E-state index in [1.54, 1.807) is 0 Å². The van der Waals surface area contributed by atoms with Crippen LogP contribution in [0.1, 0.15) is 58.4 Å². The van der Waals surface area contributed by atoms with Gasteiger partial charge in [-0.2, -0.15) is 0 Å². The molecule has 162 valence electrons. The van der Waals surface area contributed by atoms with Crippen molar-refractivity contribution in [3.05, 3.63) is 101 Å². The van der Waals surface area contributed by atoms with Crippen LogP contribution >= 0.6 is 11.3 Å². The first-order chi connectivity index (χ1) is 15.8. The normalized spacial score (nSPS) is 17.6. The largest absolute Gasteiger partial charge is 0.344 e. The van der Waals surface area contributed by atoms with Gasteiger partial charge in [-0.25, -0.2) is 4.98 Å². The SMILES string of the molecule is O=C(Nc1nc([C@H]2C[C@@H](c3ccccc3)C2)cs1)c1cccn1CCCc1ccncc1. The van der Waals surface area contributed by atoms with Crippen LogP contribution in [0.2, 0.25) is 0 Å². The van der Waals surface area contributed by atoms with Crippen LogP contribution < -0.4 is 5.32 Å². The van der Waals surface area contributed by atoms with Crippen LogP contribution in [-0.4, -0.2) is 20.4 Å². The molecule has 1 N–H and O–H groups in total. The molecule has 1 aliphatic carbocycles. The van der Waals surface area contributed by atoms with Gasteiger partial charge in [0.05, 0.1) is 5.69 Å². The number of aromatic nitrogens is 3. The number of hydrogen-bond donors (Lipinski definition) is 1. The molecule has 5 nitrogen and oxygen atoms in total. The highest BCUT2D eigenvalue weighted by Gasteiger charge is 2.33. The molecule has 1 aromatic carbocycles. The average molecular weight is 443 g/mol. The number of rotatable bonds is 8. The van der Waals surface area contributed by atoms with Crippen LogP contribution in [0.4, 0.5) is 5.13 Å². The minimum Gasteiger partial charge on any atom is -0.344 e. The molecule has 6 heteroatoms. The van der Waals surface area contributed by atoms with E-state index >= 15 is 0 Å². The third-order valence-corrected chi connectivity index (χ3v) is 7.02. The van der Waals surface area contributed by atoms with Crippen molar-refractivity contribution >= 4 is 22.4 Å². The van der Waals surface area contributed by atoms with Crippen LogP contribution in [-0.2, 0) is 13.0 Å². The maximum absolute atomic E-state index is 12.9. The lowest BCUT2D eigenvalue weighted by atomic mass is 9.70. The van der Waals surface area contributed by atoms with Gasteiger partial charge in [-0.3, -0.25) is 15.1 Å². The van der Waals surface area contributed by atoms with E-state index in [1.165, 1.54) is 22.5 Å². The first kappa shape index (κ1) is 20.6. The number of benzene rings is 1. The number of aryl methyl sites for hydroxylation is 2. The zero-order valence-corrected chi connectivity index (χ0v) is 18.7. The Labute approximate surface area is 192 Å². The third-order valence-electron chi connectivity index (χ3n) is 6.25. The Morgan fingerprint density at radius 2 is 1.84 bits per heavy atom. The molecule has 3 heterocycles. The van der Waals surface area contributed by atoms with Crippen molar-refractivity contribution in [3.8, 4) is 0 Å². The van der Waals surface area contributed by atoms with Crippen LogP contribution in [0.3, 0.4) is 0 Å². The monoisotopic (exact) mass is 442 g/mol. The Kier molecular flexibility index (Phi) is 6.12. The molecule has 0 aliphatic heterocycles. The van der Waals surface area contributed by atoms with E-state index < -0.39 is 0 Å². The van der Waals surface area contributed by atoms with Crippen molar-refractivity contribution in [3.63, 3.8) is 0 Å². The van der Waals surface area contributed by atoms with Gasteiger partial charge in [0.15, 0.2) is 5.13 Å². The molecular weight excluding hydrogens is 416 g/mol. The van der Waals surface area contributed by atoms with Gasteiger partial charge in [0.25, 0.3) is 5.91 Å². The summed E-state index contributed by atoms with van der Waals surface area (Å²) in [6, 6.07) is 18.6. The van der Waals surface area contributed by atoms with E-state index in [9.17, 15) is 4.79 Å². The second-order valence-electron chi connectivity index (χ2n) is 8.35. The lowest BCUT2D eigenvalue weighted by molar-refractivity contribution is 0.101. The molecule has 0 atom stereocenters. The second-order valence-corrected chi connectivity index (χ2v) is 9.21. The fraction of sp³-hybridized carbons (Fsp3) is 0.269. The van der Waals surface area contributed by atoms with Gasteiger partial charge < -0.3 is 4.57 Å². The van der Waals surface area contributed by atoms with Gasteiger partial charge >= 0.3 is 0 Å². The number of nitrogens with zero attached hydrogens (tertiary/aromatic N) is 3. The molecule has 1 aliphatic rings. The van der Waals surface area contributed by atoms with Crippen molar-refractivity contribution < 1.29 is 4.79 Å². The molecule has 1 amide bonds. The summed E-state index contributed by atoms with van der Waals surface area (Å²) in [7, 11) is 0. The zero-order valence-electron chi connectivity index (χ0n) is 17.9. The third kappa shape index (κ3) is 4.65. The Balaban J connectivity index is 1.15. The fourth-order valence-corrected chi connectivity index (χ4v) is 5.15. The van der Waals surface area contributed by atoms with Gasteiger partial charge in [0.2, 0.25) is 0 Å². The van der Waals surface area contributed by atoms with Gasteiger partial charge in [-0.05, 0) is 67.0 Å². The number of nitrogens with one attached hydrogen (secondary N) is 1. The second kappa shape index (κ2) is 9.49. The Bertz CT molecular complexity index is 1160. The van der Waals surface area contributed by atoms with Crippen LogP contribution in [0.5, 0.6) is 0 Å². The molecule has 0 saturated heterocycles. The van der Waals surface area contributed by atoms with Crippen molar-refractivity contribution in [2.75, 3.05) is 5.32 Å². The Morgan fingerprint density at radius 3 is 2.66 bits per heavy atom. The van der Waals surface area contributed by atoms with Crippen LogP contribution in [0, 0.1) is 0 Å². The standard InChI is InChI=1S/C26H26N4OS/c31-25(24-9-5-15-30(24)14-4-6-19-10-12-27-13-11-19)29-26-28-23(18-32-26)22-16-21(17-22)20-7-2-1-3-8-20/h1-3,5,7-13,15,18,21-22H,4,6,14,16-17H2,(H,28,29,31)/t21-,22+. The highest BCUT2D eigenvalue weighted by Crippen LogP contribution is 2.47. The van der Waals surface area contributed by atoms with Gasteiger partial charge in [0.1, 0.15) is 5.69 Å². The number of carbonyl (C=O) groups excluding carboxylic acids is 1. The molecule has 3 aromatic heterocycles. The molecule has 5 rings (SSSR count). The maximum Gasteiger partial charge on any atom is 0.274 e. The van der Waals surface area contributed by atoms with E-state index in [1.807, 2.05) is 47.4 Å². The van der Waals surface area contributed by atoms with Crippen molar-refractivity contribution in [2.45, 2.75) is 44.1 Å². The minimum atomic E-state index is -0.101. The highest BCUT2D eigenvalue weighted by atomic mass is 32.1. The summed E-state index contributed by atoms with van der Waals surface area (Å²) in [6.45, 7) is 0.796. The molecular formula is C26H26N4OS. The van der Waals surface area contributed by atoms with E-state index in [-0.39, 0.29) is 5.91 Å². The van der Waals surface area contributed by atoms with Crippen LogP contribution in [0.15, 0.2) is 78.6 Å². The quantitative estimate of drug-likeness (QED) is 0.370. The van der Waals surface area contributed by atoms with Gasteiger partial charge in [-0.1, -0.05) is 30.3 Å². The first-order valence-corrected chi connectivity index (χ1v) is 12.0. The summed E-state index contributed by atoms with van der Waals surface area (Å²) >= 11 is 1.51. The molecule has 1 fully saturated rings. The topological polar surface area (TPSA) is 59.8 Å². The number of carbonyl (C=O) groups is 1. The maximum atomic E-state index is 12.9. The number of thiazole rings is 1. The Hall–Kier alpha value is -3.25. The lowest BCUT2D eigenvalue weighted by Crippen LogP contribution is -2.20. The molecule has 0 spiro atoms. The number of anilines is 1. The average Bonchev–Trinajstić information content (AvgIpc) is 3.44. The highest BCUT2D eigenvalue weighted by molar-refractivity contribution is 7.14. The fourth-order valence-electron chi connectivity index (χ4n) is 4.37. The summed E-state index contributed by atoms with van der Waals surface area (Å²) in [5, 5.41) is 5.77. The van der Waals surface area contributed by atoms with E-state index in [4.69, 9.17) is 4.98 Å². The predicted molar refractivity (Wildman–Crippen MR) is 128 cm³/mol. The summed E-state index contributed by atoms with van der Waals surface area (Å²) in [4.78, 5) is 21.6.